The Labute approximate surface area is 142 Å². The van der Waals surface area contributed by atoms with Crippen LogP contribution in [0.3, 0.4) is 0 Å². The highest BCUT2D eigenvalue weighted by molar-refractivity contribution is 5.98. The van der Waals surface area contributed by atoms with E-state index in [0.717, 1.165) is 11.3 Å². The van der Waals surface area contributed by atoms with Crippen molar-refractivity contribution < 1.29 is 18.3 Å². The predicted molar refractivity (Wildman–Crippen MR) is 89.1 cm³/mol. The lowest BCUT2D eigenvalue weighted by Gasteiger charge is -2.05. The molecule has 7 nitrogen and oxygen atoms in total. The molecule has 8 heteroatoms. The summed E-state index contributed by atoms with van der Waals surface area (Å²) >= 11 is 0. The number of urea groups is 1. The molecule has 0 unspecified atom stereocenters. The molecule has 25 heavy (non-hydrogen) atoms. The molecule has 0 saturated heterocycles. The largest absolute Gasteiger partial charge is 0.497 e. The maximum Gasteiger partial charge on any atom is 0.327 e. The summed E-state index contributed by atoms with van der Waals surface area (Å²) < 4.78 is 23.9. The second-order valence-corrected chi connectivity index (χ2v) is 5.08. The summed E-state index contributed by atoms with van der Waals surface area (Å²) in [6, 6.07) is 12.5. The number of ether oxygens (including phenoxy) is 1. The number of anilines is 2. The minimum absolute atomic E-state index is 0.0537. The Kier molecular flexibility index (Phi) is 4.89. The molecular weight excluding hydrogens is 327 g/mol. The van der Waals surface area contributed by atoms with Crippen molar-refractivity contribution in [3.05, 3.63) is 65.8 Å². The van der Waals surface area contributed by atoms with Gasteiger partial charge in [-0.25, -0.2) is 9.18 Å². The van der Waals surface area contributed by atoms with Crippen molar-refractivity contribution in [3.63, 3.8) is 0 Å². The fraction of sp³-hybridized carbons (Fsp3) is 0.118. The van der Waals surface area contributed by atoms with Crippen LogP contribution < -0.4 is 15.4 Å². The number of carbonyl (C=O) groups excluding carboxylic acids is 1. The van der Waals surface area contributed by atoms with E-state index < -0.39 is 11.8 Å². The van der Waals surface area contributed by atoms with Crippen molar-refractivity contribution in [2.45, 2.75) is 6.42 Å². The Morgan fingerprint density at radius 3 is 2.60 bits per heavy atom. The lowest BCUT2D eigenvalue weighted by molar-refractivity contribution is 0.261. The van der Waals surface area contributed by atoms with E-state index in [9.17, 15) is 9.18 Å². The summed E-state index contributed by atoms with van der Waals surface area (Å²) in [5.41, 5.74) is 1.00. The molecule has 1 aromatic heterocycles. The Bertz CT molecular complexity index is 864. The number of para-hydroxylation sites is 1. The lowest BCUT2D eigenvalue weighted by atomic mass is 10.1. The Morgan fingerprint density at radius 2 is 1.88 bits per heavy atom. The van der Waals surface area contributed by atoms with E-state index in [4.69, 9.17) is 9.15 Å². The van der Waals surface area contributed by atoms with Crippen molar-refractivity contribution in [2.75, 3.05) is 17.7 Å². The highest BCUT2D eigenvalue weighted by Crippen LogP contribution is 2.16. The van der Waals surface area contributed by atoms with E-state index in [2.05, 4.69) is 20.8 Å². The molecule has 0 atom stereocenters. The standard InChI is InChI=1S/C17H15FN4O3/c1-24-12-8-6-11(7-9-12)10-15-21-22-17(25-15)20-16(23)19-14-5-3-2-4-13(14)18/h2-9H,10H2,1H3,(H2,19,20,22,23). The van der Waals surface area contributed by atoms with Crippen LogP contribution in [0.2, 0.25) is 0 Å². The third-order valence-corrected chi connectivity index (χ3v) is 3.32. The van der Waals surface area contributed by atoms with Gasteiger partial charge in [-0.15, -0.1) is 5.10 Å². The van der Waals surface area contributed by atoms with E-state index in [-0.39, 0.29) is 11.7 Å². The van der Waals surface area contributed by atoms with Crippen LogP contribution >= 0.6 is 0 Å². The van der Waals surface area contributed by atoms with Gasteiger partial charge in [0.25, 0.3) is 0 Å². The third kappa shape index (κ3) is 4.31. The van der Waals surface area contributed by atoms with Gasteiger partial charge < -0.3 is 14.5 Å². The molecule has 0 fully saturated rings. The van der Waals surface area contributed by atoms with Crippen LogP contribution in [0.4, 0.5) is 20.9 Å². The fourth-order valence-electron chi connectivity index (χ4n) is 2.11. The third-order valence-electron chi connectivity index (χ3n) is 3.32. The van der Waals surface area contributed by atoms with Crippen molar-refractivity contribution in [1.82, 2.24) is 10.2 Å². The number of benzene rings is 2. The van der Waals surface area contributed by atoms with Gasteiger partial charge in [-0.05, 0) is 29.8 Å². The molecule has 1 heterocycles. The van der Waals surface area contributed by atoms with Gasteiger partial charge in [0.15, 0.2) is 0 Å². The van der Waals surface area contributed by atoms with Gasteiger partial charge in [0.05, 0.1) is 19.2 Å². The van der Waals surface area contributed by atoms with Crippen LogP contribution in [0.15, 0.2) is 52.9 Å². The summed E-state index contributed by atoms with van der Waals surface area (Å²) in [7, 11) is 1.59. The molecule has 0 aliphatic rings. The van der Waals surface area contributed by atoms with E-state index >= 15 is 0 Å². The van der Waals surface area contributed by atoms with Crippen LogP contribution in [-0.4, -0.2) is 23.3 Å². The molecule has 2 N–H and O–H groups in total. The van der Waals surface area contributed by atoms with Crippen LogP contribution in [0.1, 0.15) is 11.5 Å². The number of amides is 2. The van der Waals surface area contributed by atoms with Crippen LogP contribution in [-0.2, 0) is 6.42 Å². The average molecular weight is 342 g/mol. The minimum atomic E-state index is -0.676. The van der Waals surface area contributed by atoms with Crippen LogP contribution in [0, 0.1) is 5.82 Å². The molecule has 0 radical (unpaired) electrons. The molecule has 0 spiro atoms. The molecule has 3 rings (SSSR count). The normalized spacial score (nSPS) is 10.3. The second kappa shape index (κ2) is 7.43. The average Bonchev–Trinajstić information content (AvgIpc) is 3.04. The topological polar surface area (TPSA) is 89.3 Å². The van der Waals surface area contributed by atoms with Crippen LogP contribution in [0.5, 0.6) is 5.75 Å². The van der Waals surface area contributed by atoms with Gasteiger partial charge in [-0.2, -0.15) is 0 Å². The van der Waals surface area contributed by atoms with Gasteiger partial charge in [-0.3, -0.25) is 5.32 Å². The first-order valence-corrected chi connectivity index (χ1v) is 7.42. The second-order valence-electron chi connectivity index (χ2n) is 5.08. The summed E-state index contributed by atoms with van der Waals surface area (Å²) in [5, 5.41) is 12.3. The van der Waals surface area contributed by atoms with Crippen molar-refractivity contribution in [3.8, 4) is 5.75 Å². The van der Waals surface area contributed by atoms with Gasteiger partial charge in [0.2, 0.25) is 5.89 Å². The minimum Gasteiger partial charge on any atom is -0.497 e. The first kappa shape index (κ1) is 16.4. The SMILES string of the molecule is COc1ccc(Cc2nnc(NC(=O)Nc3ccccc3F)o2)cc1. The summed E-state index contributed by atoms with van der Waals surface area (Å²) in [5.74, 6) is 0.552. The summed E-state index contributed by atoms with van der Waals surface area (Å²) in [4.78, 5) is 11.8. The van der Waals surface area contributed by atoms with Gasteiger partial charge in [0.1, 0.15) is 11.6 Å². The van der Waals surface area contributed by atoms with Gasteiger partial charge in [0, 0.05) is 0 Å². The van der Waals surface area contributed by atoms with E-state index in [1.165, 1.54) is 18.2 Å². The monoisotopic (exact) mass is 342 g/mol. The Morgan fingerprint density at radius 1 is 1.12 bits per heavy atom. The quantitative estimate of drug-likeness (QED) is 0.741. The zero-order chi connectivity index (χ0) is 17.6. The zero-order valence-corrected chi connectivity index (χ0v) is 13.3. The van der Waals surface area contributed by atoms with E-state index in [0.29, 0.717) is 12.3 Å². The Balaban J connectivity index is 1.59. The summed E-state index contributed by atoms with van der Waals surface area (Å²) in [6.07, 6.45) is 0.410. The highest BCUT2D eigenvalue weighted by atomic mass is 19.1. The molecule has 0 aliphatic heterocycles. The molecule has 2 aromatic carbocycles. The molecule has 2 amide bonds. The molecule has 0 saturated carbocycles. The zero-order valence-electron chi connectivity index (χ0n) is 13.3. The lowest BCUT2D eigenvalue weighted by Crippen LogP contribution is -2.20. The number of hydrogen-bond donors (Lipinski definition) is 2. The number of nitrogens with one attached hydrogen (secondary N) is 2. The number of carbonyl (C=O) groups is 1. The first-order valence-electron chi connectivity index (χ1n) is 7.42. The van der Waals surface area contributed by atoms with Crippen molar-refractivity contribution in [2.24, 2.45) is 0 Å². The van der Waals surface area contributed by atoms with E-state index in [1.807, 2.05) is 24.3 Å². The number of hydrogen-bond acceptors (Lipinski definition) is 5. The number of nitrogens with zero attached hydrogens (tertiary/aromatic N) is 2. The number of aromatic nitrogens is 2. The number of rotatable bonds is 5. The van der Waals surface area contributed by atoms with E-state index in [1.54, 1.807) is 13.2 Å². The molecule has 0 bridgehead atoms. The molecular formula is C17H15FN4O3. The maximum atomic E-state index is 13.5. The molecule has 3 aromatic rings. The smallest absolute Gasteiger partial charge is 0.327 e. The maximum absolute atomic E-state index is 13.5. The van der Waals surface area contributed by atoms with Crippen LogP contribution in [0.25, 0.3) is 0 Å². The highest BCUT2D eigenvalue weighted by Gasteiger charge is 2.12. The Hall–Kier alpha value is -3.42. The molecule has 128 valence electrons. The number of methoxy groups -OCH3 is 1. The van der Waals surface area contributed by atoms with Gasteiger partial charge in [-0.1, -0.05) is 29.4 Å². The van der Waals surface area contributed by atoms with Crippen molar-refractivity contribution in [1.29, 1.82) is 0 Å². The summed E-state index contributed by atoms with van der Waals surface area (Å²) in [6.45, 7) is 0. The first-order chi connectivity index (χ1) is 12.1. The molecule has 0 aliphatic carbocycles. The fourth-order valence-corrected chi connectivity index (χ4v) is 2.11. The predicted octanol–water partition coefficient (Wildman–Crippen LogP) is 3.45. The van der Waals surface area contributed by atoms with Gasteiger partial charge >= 0.3 is 12.0 Å². The van der Waals surface area contributed by atoms with Crippen molar-refractivity contribution >= 4 is 17.7 Å². The number of halogens is 1.